The van der Waals surface area contributed by atoms with Gasteiger partial charge in [-0.15, -0.1) is 0 Å². The monoisotopic (exact) mass is 154 g/mol. The maximum absolute atomic E-state index is 10.0. The van der Waals surface area contributed by atoms with Crippen LogP contribution in [0.25, 0.3) is 0 Å². The second kappa shape index (κ2) is 2.52. The van der Waals surface area contributed by atoms with Crippen LogP contribution in [0, 0.1) is 0 Å². The summed E-state index contributed by atoms with van der Waals surface area (Å²) in [4.78, 5) is 0. The lowest BCUT2D eigenvalue weighted by Crippen LogP contribution is -2.26. The zero-order valence-electron chi connectivity index (χ0n) is 6.68. The van der Waals surface area contributed by atoms with Crippen LogP contribution in [0.15, 0.2) is 11.8 Å². The molecular weight excluding hydrogens is 140 g/mol. The predicted octanol–water partition coefficient (Wildman–Crippen LogP) is 1.60. The van der Waals surface area contributed by atoms with Gasteiger partial charge in [-0.1, -0.05) is 12.8 Å². The Hall–Kier alpha value is -0.500. The maximum Gasteiger partial charge on any atom is 0.0912 e. The highest BCUT2D eigenvalue weighted by atomic mass is 16.5. The minimum absolute atomic E-state index is 0.490. The van der Waals surface area contributed by atoms with Gasteiger partial charge < -0.3 is 9.84 Å². The lowest BCUT2D eigenvalue weighted by Gasteiger charge is -2.22. The van der Waals surface area contributed by atoms with Crippen molar-refractivity contribution in [2.45, 2.75) is 37.7 Å². The van der Waals surface area contributed by atoms with Crippen LogP contribution in [0.5, 0.6) is 0 Å². The van der Waals surface area contributed by atoms with E-state index in [1.165, 1.54) is 0 Å². The highest BCUT2D eigenvalue weighted by Gasteiger charge is 2.36. The van der Waals surface area contributed by atoms with Crippen LogP contribution >= 0.6 is 0 Å². The van der Waals surface area contributed by atoms with Gasteiger partial charge in [0.05, 0.1) is 18.5 Å². The first-order valence-corrected chi connectivity index (χ1v) is 4.35. The SMILES string of the molecule is OC1(C2=COCC2)CCCC1. The van der Waals surface area contributed by atoms with Crippen LogP contribution in [0.3, 0.4) is 0 Å². The second-order valence-electron chi connectivity index (χ2n) is 3.50. The van der Waals surface area contributed by atoms with Gasteiger partial charge in [-0.05, 0) is 18.4 Å². The fourth-order valence-electron chi connectivity index (χ4n) is 2.01. The van der Waals surface area contributed by atoms with E-state index in [0.29, 0.717) is 0 Å². The molecule has 0 bridgehead atoms. The van der Waals surface area contributed by atoms with E-state index in [-0.39, 0.29) is 0 Å². The summed E-state index contributed by atoms with van der Waals surface area (Å²) in [7, 11) is 0. The van der Waals surface area contributed by atoms with E-state index in [1.807, 2.05) is 0 Å². The fraction of sp³-hybridized carbons (Fsp3) is 0.778. The number of ether oxygens (including phenoxy) is 1. The van der Waals surface area contributed by atoms with Gasteiger partial charge in [-0.3, -0.25) is 0 Å². The number of hydrogen-bond donors (Lipinski definition) is 1. The Labute approximate surface area is 66.9 Å². The van der Waals surface area contributed by atoms with Crippen molar-refractivity contribution in [3.05, 3.63) is 11.8 Å². The summed E-state index contributed by atoms with van der Waals surface area (Å²) in [6.07, 6.45) is 6.87. The summed E-state index contributed by atoms with van der Waals surface area (Å²) in [5.41, 5.74) is 0.631. The Morgan fingerprint density at radius 3 is 2.64 bits per heavy atom. The Kier molecular flexibility index (Phi) is 1.64. The highest BCUT2D eigenvalue weighted by molar-refractivity contribution is 5.18. The fourth-order valence-corrected chi connectivity index (χ4v) is 2.01. The number of rotatable bonds is 1. The summed E-state index contributed by atoms with van der Waals surface area (Å²) in [5, 5.41) is 10.0. The van der Waals surface area contributed by atoms with Gasteiger partial charge in [0.2, 0.25) is 0 Å². The lowest BCUT2D eigenvalue weighted by atomic mass is 9.92. The zero-order valence-corrected chi connectivity index (χ0v) is 6.68. The van der Waals surface area contributed by atoms with Crippen molar-refractivity contribution in [2.75, 3.05) is 6.61 Å². The first-order valence-electron chi connectivity index (χ1n) is 4.35. The van der Waals surface area contributed by atoms with Crippen LogP contribution in [0.4, 0.5) is 0 Å². The van der Waals surface area contributed by atoms with Crippen molar-refractivity contribution in [3.63, 3.8) is 0 Å². The maximum atomic E-state index is 10.0. The van der Waals surface area contributed by atoms with Crippen molar-refractivity contribution in [1.29, 1.82) is 0 Å². The zero-order chi connectivity index (χ0) is 7.73. The molecule has 2 aliphatic rings. The summed E-state index contributed by atoms with van der Waals surface area (Å²) < 4.78 is 5.11. The summed E-state index contributed by atoms with van der Waals surface area (Å²) >= 11 is 0. The molecule has 2 heteroatoms. The van der Waals surface area contributed by atoms with Gasteiger partial charge in [0.25, 0.3) is 0 Å². The molecule has 1 saturated carbocycles. The Morgan fingerprint density at radius 2 is 2.09 bits per heavy atom. The molecule has 0 amide bonds. The third kappa shape index (κ3) is 1.16. The van der Waals surface area contributed by atoms with E-state index in [9.17, 15) is 5.11 Å². The van der Waals surface area contributed by atoms with Crippen LogP contribution in [0.1, 0.15) is 32.1 Å². The average molecular weight is 154 g/mol. The van der Waals surface area contributed by atoms with Crippen molar-refractivity contribution in [1.82, 2.24) is 0 Å². The van der Waals surface area contributed by atoms with Crippen molar-refractivity contribution < 1.29 is 9.84 Å². The van der Waals surface area contributed by atoms with Gasteiger partial charge in [0, 0.05) is 6.42 Å². The minimum Gasteiger partial charge on any atom is -0.501 e. The average Bonchev–Trinajstić information content (AvgIpc) is 2.55. The van der Waals surface area contributed by atoms with E-state index in [0.717, 1.165) is 44.3 Å². The van der Waals surface area contributed by atoms with Crippen molar-refractivity contribution in [2.24, 2.45) is 0 Å². The van der Waals surface area contributed by atoms with E-state index >= 15 is 0 Å². The third-order valence-electron chi connectivity index (χ3n) is 2.74. The molecule has 0 unspecified atom stereocenters. The summed E-state index contributed by atoms with van der Waals surface area (Å²) in [5.74, 6) is 0. The van der Waals surface area contributed by atoms with Crippen LogP contribution < -0.4 is 0 Å². The molecule has 1 heterocycles. The topological polar surface area (TPSA) is 29.5 Å². The lowest BCUT2D eigenvalue weighted by molar-refractivity contribution is 0.0841. The quantitative estimate of drug-likeness (QED) is 0.621. The molecule has 11 heavy (non-hydrogen) atoms. The van der Waals surface area contributed by atoms with Gasteiger partial charge in [-0.2, -0.15) is 0 Å². The molecular formula is C9H14O2. The standard InChI is InChI=1S/C9H14O2/c10-9(4-1-2-5-9)8-3-6-11-7-8/h7,10H,1-6H2. The molecule has 1 aliphatic carbocycles. The number of aliphatic hydroxyl groups is 1. The van der Waals surface area contributed by atoms with E-state index in [1.54, 1.807) is 6.26 Å². The molecule has 2 rings (SSSR count). The molecule has 0 saturated heterocycles. The van der Waals surface area contributed by atoms with Crippen LogP contribution in [-0.4, -0.2) is 17.3 Å². The third-order valence-corrected chi connectivity index (χ3v) is 2.74. The van der Waals surface area contributed by atoms with E-state index in [2.05, 4.69) is 0 Å². The minimum atomic E-state index is -0.490. The van der Waals surface area contributed by atoms with Gasteiger partial charge in [-0.25, -0.2) is 0 Å². The van der Waals surface area contributed by atoms with Crippen molar-refractivity contribution >= 4 is 0 Å². The molecule has 2 nitrogen and oxygen atoms in total. The molecule has 62 valence electrons. The normalized spacial score (nSPS) is 28.3. The van der Waals surface area contributed by atoms with E-state index in [4.69, 9.17) is 4.74 Å². The van der Waals surface area contributed by atoms with Crippen molar-refractivity contribution in [3.8, 4) is 0 Å². The number of hydrogen-bond acceptors (Lipinski definition) is 2. The van der Waals surface area contributed by atoms with Crippen LogP contribution in [-0.2, 0) is 4.74 Å². The second-order valence-corrected chi connectivity index (χ2v) is 3.50. The van der Waals surface area contributed by atoms with Gasteiger partial charge in [0.1, 0.15) is 0 Å². The van der Waals surface area contributed by atoms with Gasteiger partial charge >= 0.3 is 0 Å². The molecule has 1 fully saturated rings. The first kappa shape index (κ1) is 7.17. The molecule has 0 aromatic rings. The largest absolute Gasteiger partial charge is 0.501 e. The highest BCUT2D eigenvalue weighted by Crippen LogP contribution is 2.38. The van der Waals surface area contributed by atoms with Crippen LogP contribution in [0.2, 0.25) is 0 Å². The predicted molar refractivity (Wildman–Crippen MR) is 42.1 cm³/mol. The summed E-state index contributed by atoms with van der Waals surface area (Å²) in [6, 6.07) is 0. The molecule has 1 N–H and O–H groups in total. The first-order chi connectivity index (χ1) is 5.31. The Bertz CT molecular complexity index is 178. The summed E-state index contributed by atoms with van der Waals surface area (Å²) in [6.45, 7) is 0.762. The molecule has 0 radical (unpaired) electrons. The Morgan fingerprint density at radius 1 is 1.36 bits per heavy atom. The molecule has 0 spiro atoms. The van der Waals surface area contributed by atoms with E-state index < -0.39 is 5.60 Å². The Balaban J connectivity index is 2.12. The molecule has 0 atom stereocenters. The molecule has 0 aromatic heterocycles. The smallest absolute Gasteiger partial charge is 0.0912 e. The molecule has 1 aliphatic heterocycles. The molecule has 0 aromatic carbocycles. The van der Waals surface area contributed by atoms with Gasteiger partial charge in [0.15, 0.2) is 0 Å².